The van der Waals surface area contributed by atoms with Crippen molar-refractivity contribution in [1.29, 1.82) is 0 Å². The first-order valence-electron chi connectivity index (χ1n) is 12.2. The van der Waals surface area contributed by atoms with E-state index in [9.17, 15) is 0 Å². The van der Waals surface area contributed by atoms with Crippen molar-refractivity contribution in [3.05, 3.63) is 121 Å². The van der Waals surface area contributed by atoms with Crippen LogP contribution in [0, 0.1) is 0 Å². The van der Waals surface area contributed by atoms with Crippen LogP contribution in [0.25, 0.3) is 65.3 Å². The molecule has 7 aromatic carbocycles. The van der Waals surface area contributed by atoms with Crippen LogP contribution in [0.2, 0.25) is 0 Å². The molecule has 0 aliphatic carbocycles. The predicted molar refractivity (Wildman–Crippen MR) is 156 cm³/mol. The molecule has 2 nitrogen and oxygen atoms in total. The van der Waals surface area contributed by atoms with Crippen LogP contribution in [0.1, 0.15) is 0 Å². The van der Waals surface area contributed by atoms with Gasteiger partial charge in [-0.15, -0.1) is 0 Å². The monoisotopic (exact) mass is 460 g/mol. The van der Waals surface area contributed by atoms with Gasteiger partial charge in [-0.1, -0.05) is 72.8 Å². The lowest BCUT2D eigenvalue weighted by atomic mass is 9.84. The van der Waals surface area contributed by atoms with Crippen molar-refractivity contribution < 1.29 is 0 Å². The summed E-state index contributed by atoms with van der Waals surface area (Å²) in [6, 6.07) is 43.0. The molecule has 0 saturated carbocycles. The van der Waals surface area contributed by atoms with Crippen LogP contribution in [0.4, 0.5) is 11.4 Å². The van der Waals surface area contributed by atoms with Crippen molar-refractivity contribution >= 4 is 54.5 Å². The largest absolute Gasteiger partial charge is 0.399 e. The standard InChI is InChI=1S/C34H24N2/c35-27-13-9-21(10-14-27)33-29-17-23-5-1-2-6-24(23)18-30(29)34(22-11-15-28(36)16-12-22)32-20-26-8-4-3-7-25(26)19-31(32)33/h1-20H,35-36H2. The van der Waals surface area contributed by atoms with Crippen LogP contribution < -0.4 is 11.5 Å². The Kier molecular flexibility index (Phi) is 4.49. The zero-order valence-electron chi connectivity index (χ0n) is 19.7. The third kappa shape index (κ3) is 3.19. The lowest BCUT2D eigenvalue weighted by Gasteiger charge is -2.19. The SMILES string of the molecule is Nc1ccc(-c2c3cc4ccccc4cc3c(-c3ccc(N)cc3)c3cc4ccccc4cc23)cc1. The summed E-state index contributed by atoms with van der Waals surface area (Å²) in [5.74, 6) is 0. The van der Waals surface area contributed by atoms with Gasteiger partial charge in [0.2, 0.25) is 0 Å². The fraction of sp³-hybridized carbons (Fsp3) is 0. The van der Waals surface area contributed by atoms with E-state index in [2.05, 4.69) is 97.1 Å². The molecule has 0 radical (unpaired) electrons. The topological polar surface area (TPSA) is 52.0 Å². The van der Waals surface area contributed by atoms with E-state index in [4.69, 9.17) is 11.5 Å². The van der Waals surface area contributed by atoms with Gasteiger partial charge in [0.05, 0.1) is 0 Å². The Bertz CT molecular complexity index is 1690. The van der Waals surface area contributed by atoms with Crippen molar-refractivity contribution in [3.8, 4) is 22.3 Å². The van der Waals surface area contributed by atoms with Crippen molar-refractivity contribution in [2.75, 3.05) is 11.5 Å². The molecular weight excluding hydrogens is 436 g/mol. The summed E-state index contributed by atoms with van der Waals surface area (Å²) in [5.41, 5.74) is 18.5. The first-order valence-corrected chi connectivity index (χ1v) is 12.2. The molecular formula is C34H24N2. The van der Waals surface area contributed by atoms with E-state index in [-0.39, 0.29) is 0 Å². The van der Waals surface area contributed by atoms with Gasteiger partial charge in [0.1, 0.15) is 0 Å². The average Bonchev–Trinajstić information content (AvgIpc) is 2.91. The minimum atomic E-state index is 0.766. The van der Waals surface area contributed by atoms with Gasteiger partial charge >= 0.3 is 0 Å². The number of benzene rings is 7. The van der Waals surface area contributed by atoms with E-state index in [0.29, 0.717) is 0 Å². The van der Waals surface area contributed by atoms with Gasteiger partial charge in [0.15, 0.2) is 0 Å². The van der Waals surface area contributed by atoms with Crippen LogP contribution in [0.5, 0.6) is 0 Å². The second kappa shape index (κ2) is 7.86. The normalized spacial score (nSPS) is 11.6. The molecule has 4 N–H and O–H groups in total. The fourth-order valence-corrected chi connectivity index (χ4v) is 5.52. The van der Waals surface area contributed by atoms with E-state index >= 15 is 0 Å². The Balaban J connectivity index is 1.76. The third-order valence-electron chi connectivity index (χ3n) is 7.25. The van der Waals surface area contributed by atoms with Crippen LogP contribution >= 0.6 is 0 Å². The molecule has 0 unspecified atom stereocenters. The number of hydrogen-bond donors (Lipinski definition) is 2. The molecule has 0 spiro atoms. The number of rotatable bonds is 2. The smallest absolute Gasteiger partial charge is 0.0314 e. The number of fused-ring (bicyclic) bond motifs is 4. The Hall–Kier alpha value is -4.82. The van der Waals surface area contributed by atoms with Crippen molar-refractivity contribution in [1.82, 2.24) is 0 Å². The number of anilines is 2. The molecule has 0 amide bonds. The minimum Gasteiger partial charge on any atom is -0.399 e. The van der Waals surface area contributed by atoms with Crippen LogP contribution in [-0.4, -0.2) is 0 Å². The quantitative estimate of drug-likeness (QED) is 0.200. The second-order valence-electron chi connectivity index (χ2n) is 9.48. The maximum atomic E-state index is 6.08. The molecule has 0 heterocycles. The molecule has 0 aromatic heterocycles. The minimum absolute atomic E-state index is 0.766. The summed E-state index contributed by atoms with van der Waals surface area (Å²) in [6.45, 7) is 0. The van der Waals surface area contributed by atoms with Gasteiger partial charge in [-0.05, 0) is 114 Å². The lowest BCUT2D eigenvalue weighted by molar-refractivity contribution is 1.65. The van der Waals surface area contributed by atoms with Gasteiger partial charge in [0, 0.05) is 11.4 Å². The number of nitrogens with two attached hydrogens (primary N) is 2. The van der Waals surface area contributed by atoms with Gasteiger partial charge < -0.3 is 11.5 Å². The van der Waals surface area contributed by atoms with Gasteiger partial charge in [0.25, 0.3) is 0 Å². The summed E-state index contributed by atoms with van der Waals surface area (Å²) < 4.78 is 0. The Morgan fingerprint density at radius 1 is 0.333 bits per heavy atom. The Labute approximate surface area is 209 Å². The molecule has 36 heavy (non-hydrogen) atoms. The summed E-state index contributed by atoms with van der Waals surface area (Å²) in [5, 5.41) is 9.83. The first kappa shape index (κ1) is 20.5. The molecule has 0 atom stereocenters. The molecule has 2 heteroatoms. The van der Waals surface area contributed by atoms with E-state index in [1.165, 1.54) is 54.2 Å². The van der Waals surface area contributed by atoms with Crippen LogP contribution in [0.15, 0.2) is 121 Å². The fourth-order valence-electron chi connectivity index (χ4n) is 5.52. The lowest BCUT2D eigenvalue weighted by Crippen LogP contribution is -1.93. The highest BCUT2D eigenvalue weighted by Crippen LogP contribution is 2.46. The summed E-state index contributed by atoms with van der Waals surface area (Å²) in [6.07, 6.45) is 0. The summed E-state index contributed by atoms with van der Waals surface area (Å²) in [7, 11) is 0. The molecule has 7 aromatic rings. The summed E-state index contributed by atoms with van der Waals surface area (Å²) >= 11 is 0. The van der Waals surface area contributed by atoms with E-state index in [1.54, 1.807) is 0 Å². The van der Waals surface area contributed by atoms with Crippen LogP contribution in [0.3, 0.4) is 0 Å². The summed E-state index contributed by atoms with van der Waals surface area (Å²) in [4.78, 5) is 0. The highest BCUT2D eigenvalue weighted by molar-refractivity contribution is 6.25. The maximum Gasteiger partial charge on any atom is 0.0314 e. The molecule has 170 valence electrons. The highest BCUT2D eigenvalue weighted by Gasteiger charge is 2.18. The van der Waals surface area contributed by atoms with Gasteiger partial charge in [-0.3, -0.25) is 0 Å². The number of nitrogen functional groups attached to an aromatic ring is 2. The molecule has 0 saturated heterocycles. The first-order chi connectivity index (χ1) is 17.7. The molecule has 0 aliphatic heterocycles. The molecule has 0 bridgehead atoms. The van der Waals surface area contributed by atoms with Crippen molar-refractivity contribution in [2.24, 2.45) is 0 Å². The molecule has 7 rings (SSSR count). The predicted octanol–water partition coefficient (Wildman–Crippen LogP) is 8.80. The zero-order chi connectivity index (χ0) is 24.2. The van der Waals surface area contributed by atoms with E-state index < -0.39 is 0 Å². The number of hydrogen-bond acceptors (Lipinski definition) is 2. The van der Waals surface area contributed by atoms with E-state index in [1.807, 2.05) is 24.3 Å². The average molecular weight is 461 g/mol. The van der Waals surface area contributed by atoms with Gasteiger partial charge in [-0.25, -0.2) is 0 Å². The van der Waals surface area contributed by atoms with Crippen molar-refractivity contribution in [2.45, 2.75) is 0 Å². The molecule has 0 aliphatic rings. The van der Waals surface area contributed by atoms with E-state index in [0.717, 1.165) is 22.5 Å². The zero-order valence-corrected chi connectivity index (χ0v) is 19.7. The Morgan fingerprint density at radius 3 is 0.889 bits per heavy atom. The van der Waals surface area contributed by atoms with Crippen LogP contribution in [-0.2, 0) is 0 Å². The third-order valence-corrected chi connectivity index (χ3v) is 7.25. The maximum absolute atomic E-state index is 6.08. The Morgan fingerprint density at radius 2 is 0.611 bits per heavy atom. The van der Waals surface area contributed by atoms with Crippen molar-refractivity contribution in [3.63, 3.8) is 0 Å². The van der Waals surface area contributed by atoms with Gasteiger partial charge in [-0.2, -0.15) is 0 Å². The second-order valence-corrected chi connectivity index (χ2v) is 9.48. The highest BCUT2D eigenvalue weighted by atomic mass is 14.5. The molecule has 0 fully saturated rings.